The van der Waals surface area contributed by atoms with Crippen LogP contribution in [0.25, 0.3) is 0 Å². The van der Waals surface area contributed by atoms with Crippen molar-refractivity contribution in [2.24, 2.45) is 5.92 Å². The molecule has 1 aromatic carbocycles. The summed E-state index contributed by atoms with van der Waals surface area (Å²) in [7, 11) is 1.61. The summed E-state index contributed by atoms with van der Waals surface area (Å²) in [5.41, 5.74) is 2.90. The molecule has 1 fully saturated rings. The van der Waals surface area contributed by atoms with Crippen molar-refractivity contribution in [3.05, 3.63) is 52.3 Å². The van der Waals surface area contributed by atoms with Crippen LogP contribution in [0.5, 0.6) is 5.75 Å². The molecule has 1 aliphatic heterocycles. The predicted octanol–water partition coefficient (Wildman–Crippen LogP) is 3.37. The van der Waals surface area contributed by atoms with Gasteiger partial charge in [-0.15, -0.1) is 0 Å². The molecule has 178 valence electrons. The third kappa shape index (κ3) is 5.74. The molecule has 2 aromatic rings. The number of piperidine rings is 1. The number of carbonyl (C=O) groups is 3. The molecule has 0 spiro atoms. The fourth-order valence-corrected chi connectivity index (χ4v) is 4.19. The second-order valence-electron chi connectivity index (χ2n) is 8.74. The Morgan fingerprint density at radius 2 is 2.00 bits per heavy atom. The lowest BCUT2D eigenvalue weighted by molar-refractivity contribution is -0.126. The maximum atomic E-state index is 13.2. The molecular formula is C25H33N3O5. The first-order valence-corrected chi connectivity index (χ1v) is 11.3. The highest BCUT2D eigenvalue weighted by atomic mass is 16.5. The number of aryl methyl sites for hydroxylation is 1. The topological polar surface area (TPSA) is 101 Å². The van der Waals surface area contributed by atoms with Crippen molar-refractivity contribution in [2.45, 2.75) is 53.2 Å². The van der Waals surface area contributed by atoms with E-state index in [0.29, 0.717) is 42.1 Å². The summed E-state index contributed by atoms with van der Waals surface area (Å²) < 4.78 is 10.5. The normalized spacial score (nSPS) is 15.9. The Labute approximate surface area is 194 Å². The molecule has 0 bridgehead atoms. The van der Waals surface area contributed by atoms with Crippen LogP contribution in [0.4, 0.5) is 0 Å². The van der Waals surface area contributed by atoms with E-state index in [-0.39, 0.29) is 23.8 Å². The quantitative estimate of drug-likeness (QED) is 0.624. The molecule has 2 N–H and O–H groups in total. The Balaban J connectivity index is 1.65. The van der Waals surface area contributed by atoms with Gasteiger partial charge in [-0.1, -0.05) is 12.1 Å². The average Bonchev–Trinajstić information content (AvgIpc) is 3.10. The number of ether oxygens (including phenoxy) is 2. The Hall–Kier alpha value is -3.29. The van der Waals surface area contributed by atoms with E-state index in [1.54, 1.807) is 39.7 Å². The van der Waals surface area contributed by atoms with Gasteiger partial charge in [0.05, 0.1) is 24.7 Å². The second kappa shape index (κ2) is 10.6. The van der Waals surface area contributed by atoms with Gasteiger partial charge in [0.25, 0.3) is 5.91 Å². The van der Waals surface area contributed by atoms with Crippen LogP contribution >= 0.6 is 0 Å². The minimum absolute atomic E-state index is 0.0732. The van der Waals surface area contributed by atoms with Crippen molar-refractivity contribution in [1.82, 2.24) is 15.2 Å². The van der Waals surface area contributed by atoms with Crippen molar-refractivity contribution in [1.29, 1.82) is 0 Å². The van der Waals surface area contributed by atoms with Crippen LogP contribution in [0, 0.1) is 19.8 Å². The summed E-state index contributed by atoms with van der Waals surface area (Å²) in [6.07, 6.45) is 1.22. The van der Waals surface area contributed by atoms with Gasteiger partial charge in [-0.05, 0) is 63.8 Å². The second-order valence-corrected chi connectivity index (χ2v) is 8.74. The SMILES string of the molecule is COc1cccc(CNC(=O)[C@H]2CCCN(C(=O)c3[nH]c(C)c(C(=O)OC(C)C)c3C)C2)c1. The lowest BCUT2D eigenvalue weighted by Gasteiger charge is -2.32. The highest BCUT2D eigenvalue weighted by Crippen LogP contribution is 2.24. The summed E-state index contributed by atoms with van der Waals surface area (Å²) in [6, 6.07) is 7.55. The number of rotatable bonds is 7. The van der Waals surface area contributed by atoms with Gasteiger partial charge in [-0.3, -0.25) is 9.59 Å². The fourth-order valence-electron chi connectivity index (χ4n) is 4.19. The van der Waals surface area contributed by atoms with Crippen LogP contribution in [-0.2, 0) is 16.1 Å². The molecule has 0 unspecified atom stereocenters. The molecule has 8 heteroatoms. The van der Waals surface area contributed by atoms with E-state index >= 15 is 0 Å². The first-order chi connectivity index (χ1) is 15.7. The van der Waals surface area contributed by atoms with Crippen LogP contribution in [0.3, 0.4) is 0 Å². The van der Waals surface area contributed by atoms with Gasteiger partial charge in [0.2, 0.25) is 5.91 Å². The zero-order valence-corrected chi connectivity index (χ0v) is 20.0. The van der Waals surface area contributed by atoms with Crippen LogP contribution in [0.15, 0.2) is 24.3 Å². The fraction of sp³-hybridized carbons (Fsp3) is 0.480. The summed E-state index contributed by atoms with van der Waals surface area (Å²) in [6.45, 7) is 8.38. The number of carbonyl (C=O) groups excluding carboxylic acids is 3. The minimum atomic E-state index is -0.441. The predicted molar refractivity (Wildman–Crippen MR) is 124 cm³/mol. The summed E-state index contributed by atoms with van der Waals surface area (Å²) in [4.78, 5) is 43.2. The maximum Gasteiger partial charge on any atom is 0.340 e. The Morgan fingerprint density at radius 3 is 2.70 bits per heavy atom. The molecule has 2 amide bonds. The number of amides is 2. The molecule has 8 nitrogen and oxygen atoms in total. The number of nitrogens with zero attached hydrogens (tertiary/aromatic N) is 1. The highest BCUT2D eigenvalue weighted by Gasteiger charge is 2.32. The van der Waals surface area contributed by atoms with Crippen molar-refractivity contribution in [2.75, 3.05) is 20.2 Å². The van der Waals surface area contributed by atoms with E-state index in [1.807, 2.05) is 24.3 Å². The maximum absolute atomic E-state index is 13.2. The molecule has 2 heterocycles. The zero-order chi connectivity index (χ0) is 24.1. The number of benzene rings is 1. The smallest absolute Gasteiger partial charge is 0.340 e. The number of esters is 1. The van der Waals surface area contributed by atoms with Crippen molar-refractivity contribution < 1.29 is 23.9 Å². The summed E-state index contributed by atoms with van der Waals surface area (Å²) >= 11 is 0. The van der Waals surface area contributed by atoms with Gasteiger partial charge in [0.15, 0.2) is 0 Å². The zero-order valence-electron chi connectivity index (χ0n) is 20.0. The average molecular weight is 456 g/mol. The molecule has 1 saturated heterocycles. The van der Waals surface area contributed by atoms with E-state index in [9.17, 15) is 14.4 Å². The number of aromatic nitrogens is 1. The molecule has 1 aliphatic rings. The first-order valence-electron chi connectivity index (χ1n) is 11.3. The standard InChI is InChI=1S/C25H33N3O5/c1-15(2)33-25(31)21-16(3)22(27-17(21)4)24(30)28-11-7-9-19(14-28)23(29)26-13-18-8-6-10-20(12-18)32-5/h6,8,10,12,15,19,27H,7,9,11,13-14H2,1-5H3,(H,26,29)/t19-/m0/s1. The van der Waals surface area contributed by atoms with E-state index in [4.69, 9.17) is 9.47 Å². The summed E-state index contributed by atoms with van der Waals surface area (Å²) in [5.74, 6) is -0.261. The van der Waals surface area contributed by atoms with Crippen LogP contribution in [0.1, 0.15) is 64.4 Å². The first kappa shape index (κ1) is 24.4. The molecule has 0 aliphatic carbocycles. The van der Waals surface area contributed by atoms with Crippen molar-refractivity contribution in [3.8, 4) is 5.75 Å². The largest absolute Gasteiger partial charge is 0.497 e. The monoisotopic (exact) mass is 455 g/mol. The molecule has 1 aromatic heterocycles. The Kier molecular flexibility index (Phi) is 7.79. The van der Waals surface area contributed by atoms with E-state index in [2.05, 4.69) is 10.3 Å². The number of methoxy groups -OCH3 is 1. The lowest BCUT2D eigenvalue weighted by Crippen LogP contribution is -2.45. The number of hydrogen-bond donors (Lipinski definition) is 2. The van der Waals surface area contributed by atoms with Gasteiger partial charge < -0.3 is 24.7 Å². The van der Waals surface area contributed by atoms with Gasteiger partial charge >= 0.3 is 5.97 Å². The van der Waals surface area contributed by atoms with Crippen LogP contribution in [-0.4, -0.2) is 54.0 Å². The van der Waals surface area contributed by atoms with E-state index in [1.165, 1.54) is 0 Å². The highest BCUT2D eigenvalue weighted by molar-refractivity contribution is 6.00. The Bertz CT molecular complexity index is 1030. The molecular weight excluding hydrogens is 422 g/mol. The number of H-pyrrole nitrogens is 1. The molecule has 33 heavy (non-hydrogen) atoms. The van der Waals surface area contributed by atoms with Crippen LogP contribution < -0.4 is 10.1 Å². The van der Waals surface area contributed by atoms with Gasteiger partial charge in [0, 0.05) is 25.3 Å². The number of likely N-dealkylation sites (tertiary alicyclic amines) is 1. The third-order valence-corrected chi connectivity index (χ3v) is 5.88. The number of aromatic amines is 1. The van der Waals surface area contributed by atoms with Crippen molar-refractivity contribution >= 4 is 17.8 Å². The summed E-state index contributed by atoms with van der Waals surface area (Å²) in [5, 5.41) is 2.98. The van der Waals surface area contributed by atoms with Gasteiger partial charge in [-0.25, -0.2) is 4.79 Å². The van der Waals surface area contributed by atoms with Crippen LogP contribution in [0.2, 0.25) is 0 Å². The third-order valence-electron chi connectivity index (χ3n) is 5.88. The van der Waals surface area contributed by atoms with Gasteiger partial charge in [0.1, 0.15) is 11.4 Å². The van der Waals surface area contributed by atoms with E-state index in [0.717, 1.165) is 24.2 Å². The minimum Gasteiger partial charge on any atom is -0.497 e. The van der Waals surface area contributed by atoms with E-state index < -0.39 is 5.97 Å². The molecule has 3 rings (SSSR count). The Morgan fingerprint density at radius 1 is 1.24 bits per heavy atom. The molecule has 0 radical (unpaired) electrons. The molecule has 0 saturated carbocycles. The van der Waals surface area contributed by atoms with Gasteiger partial charge in [-0.2, -0.15) is 0 Å². The number of nitrogens with one attached hydrogen (secondary N) is 2. The molecule has 1 atom stereocenters. The number of hydrogen-bond acceptors (Lipinski definition) is 5. The lowest BCUT2D eigenvalue weighted by atomic mass is 9.96. The van der Waals surface area contributed by atoms with Crippen molar-refractivity contribution in [3.63, 3.8) is 0 Å².